The molecule has 7 nitrogen and oxygen atoms in total. The summed E-state index contributed by atoms with van der Waals surface area (Å²) in [5.41, 5.74) is 0. The maximum atomic E-state index is 11.6. The smallest absolute Gasteiger partial charge is 0.325 e. The molecule has 0 bridgehead atoms. The zero-order valence-electron chi connectivity index (χ0n) is 9.64. The van der Waals surface area contributed by atoms with Crippen molar-refractivity contribution in [2.75, 3.05) is 26.7 Å². The number of methoxy groups -OCH3 is 1. The quantitative estimate of drug-likeness (QED) is 0.662. The van der Waals surface area contributed by atoms with Gasteiger partial charge in [0.1, 0.15) is 6.54 Å². The van der Waals surface area contributed by atoms with Crippen molar-refractivity contribution in [1.82, 2.24) is 10.2 Å². The lowest BCUT2D eigenvalue weighted by molar-refractivity contribution is -0.143. The molecule has 1 rings (SSSR count). The van der Waals surface area contributed by atoms with Crippen LogP contribution in [0.2, 0.25) is 0 Å². The van der Waals surface area contributed by atoms with Crippen molar-refractivity contribution in [3.05, 3.63) is 0 Å². The van der Waals surface area contributed by atoms with E-state index < -0.39 is 11.9 Å². The summed E-state index contributed by atoms with van der Waals surface area (Å²) in [4.78, 5) is 34.6. The Balaban J connectivity index is 2.31. The lowest BCUT2D eigenvalue weighted by Gasteiger charge is -2.29. The van der Waals surface area contributed by atoms with Crippen LogP contribution >= 0.6 is 0 Å². The molecule has 0 aliphatic carbocycles. The Morgan fingerprint density at radius 3 is 2.41 bits per heavy atom. The Kier molecular flexibility index (Phi) is 4.74. The van der Waals surface area contributed by atoms with Crippen molar-refractivity contribution < 1.29 is 24.2 Å². The Morgan fingerprint density at radius 2 is 1.94 bits per heavy atom. The van der Waals surface area contributed by atoms with Gasteiger partial charge in [0, 0.05) is 13.1 Å². The number of esters is 1. The topological polar surface area (TPSA) is 95.9 Å². The Hall–Kier alpha value is -1.79. The van der Waals surface area contributed by atoms with E-state index in [1.165, 1.54) is 12.0 Å². The minimum absolute atomic E-state index is 0.172. The number of carbonyl (C=O) groups excluding carboxylic acids is 2. The number of piperidine rings is 1. The van der Waals surface area contributed by atoms with E-state index in [-0.39, 0.29) is 18.5 Å². The molecule has 0 unspecified atom stereocenters. The number of urea groups is 1. The molecule has 17 heavy (non-hydrogen) atoms. The average Bonchev–Trinajstić information content (AvgIpc) is 2.35. The van der Waals surface area contributed by atoms with Gasteiger partial charge in [-0.2, -0.15) is 0 Å². The number of likely N-dealkylation sites (tertiary alicyclic amines) is 1. The number of ether oxygens (including phenoxy) is 1. The van der Waals surface area contributed by atoms with Crippen LogP contribution in [0.15, 0.2) is 0 Å². The maximum absolute atomic E-state index is 11.6. The van der Waals surface area contributed by atoms with Gasteiger partial charge in [-0.25, -0.2) is 4.79 Å². The number of carboxylic acid groups (broad SMARTS) is 1. The first-order chi connectivity index (χ1) is 8.04. The summed E-state index contributed by atoms with van der Waals surface area (Å²) < 4.78 is 4.39. The molecule has 0 spiro atoms. The number of nitrogens with zero attached hydrogens (tertiary/aromatic N) is 1. The molecule has 1 heterocycles. The average molecular weight is 244 g/mol. The molecule has 2 N–H and O–H groups in total. The molecule has 1 saturated heterocycles. The monoisotopic (exact) mass is 244 g/mol. The van der Waals surface area contributed by atoms with Crippen LogP contribution in [-0.2, 0) is 14.3 Å². The molecule has 1 fully saturated rings. The highest BCUT2D eigenvalue weighted by Gasteiger charge is 2.26. The molecule has 0 radical (unpaired) electrons. The summed E-state index contributed by atoms with van der Waals surface area (Å²) in [6.45, 7) is 0.613. The van der Waals surface area contributed by atoms with Gasteiger partial charge in [0.25, 0.3) is 0 Å². The number of carbonyl (C=O) groups is 3. The van der Waals surface area contributed by atoms with Crippen LogP contribution in [0.3, 0.4) is 0 Å². The first-order valence-electron chi connectivity index (χ1n) is 5.37. The van der Waals surface area contributed by atoms with Crippen LogP contribution in [0.4, 0.5) is 4.79 Å². The summed E-state index contributed by atoms with van der Waals surface area (Å²) in [6.07, 6.45) is 0.891. The Bertz CT molecular complexity index is 310. The highest BCUT2D eigenvalue weighted by molar-refractivity contribution is 5.81. The second-order valence-electron chi connectivity index (χ2n) is 3.83. The first-order valence-corrected chi connectivity index (χ1v) is 5.37. The summed E-state index contributed by atoms with van der Waals surface area (Å²) in [6, 6.07) is -0.362. The molecule has 7 heteroatoms. The van der Waals surface area contributed by atoms with E-state index in [1.54, 1.807) is 0 Å². The predicted octanol–water partition coefficient (Wildman–Crippen LogP) is -0.334. The van der Waals surface area contributed by atoms with Gasteiger partial charge in [0.05, 0.1) is 13.0 Å². The molecule has 1 aliphatic rings. The van der Waals surface area contributed by atoms with Crippen LogP contribution in [0, 0.1) is 5.92 Å². The van der Waals surface area contributed by atoms with Crippen LogP contribution < -0.4 is 5.32 Å². The highest BCUT2D eigenvalue weighted by atomic mass is 16.5. The van der Waals surface area contributed by atoms with Gasteiger partial charge in [-0.15, -0.1) is 0 Å². The largest absolute Gasteiger partial charge is 0.481 e. The van der Waals surface area contributed by atoms with Crippen molar-refractivity contribution in [3.63, 3.8) is 0 Å². The minimum atomic E-state index is -0.820. The van der Waals surface area contributed by atoms with Gasteiger partial charge >= 0.3 is 18.0 Å². The van der Waals surface area contributed by atoms with Crippen molar-refractivity contribution in [3.8, 4) is 0 Å². The fraction of sp³-hybridized carbons (Fsp3) is 0.700. The molecule has 2 amide bonds. The van der Waals surface area contributed by atoms with Gasteiger partial charge in [0.2, 0.25) is 0 Å². The van der Waals surface area contributed by atoms with Gasteiger partial charge in [-0.1, -0.05) is 0 Å². The SMILES string of the molecule is COC(=O)CNC(=O)N1CCC(C(=O)O)CC1. The fourth-order valence-electron chi connectivity index (χ4n) is 1.66. The highest BCUT2D eigenvalue weighted by Crippen LogP contribution is 2.16. The number of carboxylic acids is 1. The molecular formula is C10H16N2O5. The summed E-state index contributed by atoms with van der Waals surface area (Å²) in [5.74, 6) is -1.71. The van der Waals surface area contributed by atoms with Gasteiger partial charge < -0.3 is 20.1 Å². The zero-order valence-corrected chi connectivity index (χ0v) is 9.64. The molecule has 0 aromatic heterocycles. The first kappa shape index (κ1) is 13.3. The number of hydrogen-bond donors (Lipinski definition) is 2. The van der Waals surface area contributed by atoms with Crippen LogP contribution in [0.25, 0.3) is 0 Å². The molecule has 0 aromatic carbocycles. The van der Waals surface area contributed by atoms with Crippen LogP contribution in [0.1, 0.15) is 12.8 Å². The molecule has 0 saturated carbocycles. The number of amides is 2. The lowest BCUT2D eigenvalue weighted by Crippen LogP contribution is -2.46. The van der Waals surface area contributed by atoms with E-state index in [0.29, 0.717) is 25.9 Å². The Labute approximate surface area is 98.7 Å². The fourth-order valence-corrected chi connectivity index (χ4v) is 1.66. The van der Waals surface area contributed by atoms with E-state index in [1.807, 2.05) is 0 Å². The van der Waals surface area contributed by atoms with Crippen LogP contribution in [-0.4, -0.2) is 54.7 Å². The second kappa shape index (κ2) is 6.07. The van der Waals surface area contributed by atoms with E-state index in [2.05, 4.69) is 10.1 Å². The summed E-state index contributed by atoms with van der Waals surface area (Å²) >= 11 is 0. The third kappa shape index (κ3) is 3.93. The van der Waals surface area contributed by atoms with Crippen molar-refractivity contribution in [1.29, 1.82) is 0 Å². The second-order valence-corrected chi connectivity index (χ2v) is 3.83. The van der Waals surface area contributed by atoms with Crippen molar-refractivity contribution in [2.24, 2.45) is 5.92 Å². The lowest BCUT2D eigenvalue weighted by atomic mass is 9.97. The number of hydrogen-bond acceptors (Lipinski definition) is 4. The number of nitrogens with one attached hydrogen (secondary N) is 1. The van der Waals surface area contributed by atoms with Crippen LogP contribution in [0.5, 0.6) is 0 Å². The molecule has 96 valence electrons. The van der Waals surface area contributed by atoms with E-state index in [0.717, 1.165) is 0 Å². The van der Waals surface area contributed by atoms with Gasteiger partial charge in [-0.05, 0) is 12.8 Å². The van der Waals surface area contributed by atoms with E-state index >= 15 is 0 Å². The van der Waals surface area contributed by atoms with Gasteiger partial charge in [-0.3, -0.25) is 9.59 Å². The van der Waals surface area contributed by atoms with Gasteiger partial charge in [0.15, 0.2) is 0 Å². The summed E-state index contributed by atoms with van der Waals surface area (Å²) in [7, 11) is 1.24. The molecule has 1 aliphatic heterocycles. The molecular weight excluding hydrogens is 228 g/mol. The Morgan fingerprint density at radius 1 is 1.35 bits per heavy atom. The number of rotatable bonds is 3. The maximum Gasteiger partial charge on any atom is 0.325 e. The third-order valence-electron chi connectivity index (χ3n) is 2.74. The zero-order chi connectivity index (χ0) is 12.8. The minimum Gasteiger partial charge on any atom is -0.481 e. The van der Waals surface area contributed by atoms with Crippen molar-refractivity contribution in [2.45, 2.75) is 12.8 Å². The predicted molar refractivity (Wildman–Crippen MR) is 57.3 cm³/mol. The summed E-state index contributed by atoms with van der Waals surface area (Å²) in [5, 5.41) is 11.2. The van der Waals surface area contributed by atoms with E-state index in [4.69, 9.17) is 5.11 Å². The number of aliphatic carboxylic acids is 1. The normalized spacial score (nSPS) is 16.4. The standard InChI is InChI=1S/C10H16N2O5/c1-17-8(13)6-11-10(16)12-4-2-7(3-5-12)9(14)15/h7H,2-6H2,1H3,(H,11,16)(H,14,15). The molecule has 0 aromatic rings. The molecule has 0 atom stereocenters. The van der Waals surface area contributed by atoms with E-state index in [9.17, 15) is 14.4 Å². The third-order valence-corrected chi connectivity index (χ3v) is 2.74. The van der Waals surface area contributed by atoms with Crippen molar-refractivity contribution >= 4 is 18.0 Å².